The lowest BCUT2D eigenvalue weighted by atomic mass is 9.86. The van der Waals surface area contributed by atoms with E-state index in [9.17, 15) is 5.11 Å². The Kier molecular flexibility index (Phi) is 3.35. The normalized spacial score (nSPS) is 33.2. The Morgan fingerprint density at radius 3 is 2.50 bits per heavy atom. The molecule has 2 N–H and O–H groups in total. The molecule has 0 aromatic carbocycles. The Bertz CT molecular complexity index is 148. The molecule has 1 unspecified atom stereocenters. The quantitative estimate of drug-likeness (QED) is 0.582. The van der Waals surface area contributed by atoms with E-state index < -0.39 is 0 Å². The van der Waals surface area contributed by atoms with Gasteiger partial charge in [0.2, 0.25) is 0 Å². The lowest BCUT2D eigenvalue weighted by Gasteiger charge is -2.36. The molecule has 1 spiro atoms. The van der Waals surface area contributed by atoms with Crippen molar-refractivity contribution in [1.29, 1.82) is 0 Å². The van der Waals surface area contributed by atoms with Crippen LogP contribution in [0, 0.1) is 0 Å². The van der Waals surface area contributed by atoms with Gasteiger partial charge in [-0.25, -0.2) is 0 Å². The highest BCUT2D eigenvalue weighted by molar-refractivity contribution is 5.85. The van der Waals surface area contributed by atoms with Gasteiger partial charge in [-0.05, 0) is 25.8 Å². The maximum atomic E-state index is 9.69. The van der Waals surface area contributed by atoms with Crippen LogP contribution in [0.4, 0.5) is 0 Å². The van der Waals surface area contributed by atoms with Crippen LogP contribution in [-0.2, 0) is 4.74 Å². The van der Waals surface area contributed by atoms with E-state index in [4.69, 9.17) is 4.74 Å². The Labute approximate surface area is 78.9 Å². The minimum Gasteiger partial charge on any atom is -0.391 e. The highest BCUT2D eigenvalue weighted by Gasteiger charge is 2.42. The first-order valence-corrected chi connectivity index (χ1v) is 4.34. The van der Waals surface area contributed by atoms with Crippen molar-refractivity contribution in [3.63, 3.8) is 0 Å². The molecular weight excluding hydrogens is 178 g/mol. The van der Waals surface area contributed by atoms with Crippen molar-refractivity contribution in [2.24, 2.45) is 0 Å². The van der Waals surface area contributed by atoms with Gasteiger partial charge < -0.3 is 15.2 Å². The number of ether oxygens (including phenoxy) is 1. The van der Waals surface area contributed by atoms with Crippen molar-refractivity contribution in [2.75, 3.05) is 19.8 Å². The minimum absolute atomic E-state index is 0. The third-order valence-electron chi connectivity index (χ3n) is 2.92. The Morgan fingerprint density at radius 2 is 2.00 bits per heavy atom. The molecular formula is C8H16ClNO2. The lowest BCUT2D eigenvalue weighted by Crippen LogP contribution is -2.51. The summed E-state index contributed by atoms with van der Waals surface area (Å²) in [5.41, 5.74) is 0.0122. The highest BCUT2D eigenvalue weighted by Crippen LogP contribution is 2.29. The van der Waals surface area contributed by atoms with E-state index in [1.54, 1.807) is 0 Å². The number of hydrogen-bond donors (Lipinski definition) is 2. The molecule has 12 heavy (non-hydrogen) atoms. The van der Waals surface area contributed by atoms with Crippen LogP contribution in [0.25, 0.3) is 0 Å². The summed E-state index contributed by atoms with van der Waals surface area (Å²) in [4.78, 5) is 0. The fourth-order valence-electron chi connectivity index (χ4n) is 2.10. The van der Waals surface area contributed by atoms with Crippen molar-refractivity contribution in [1.82, 2.24) is 5.32 Å². The molecule has 0 radical (unpaired) electrons. The second-order valence-electron chi connectivity index (χ2n) is 3.50. The molecule has 1 atom stereocenters. The van der Waals surface area contributed by atoms with Gasteiger partial charge in [0.15, 0.2) is 0 Å². The van der Waals surface area contributed by atoms with Gasteiger partial charge >= 0.3 is 0 Å². The Balaban J connectivity index is 0.000000720. The van der Waals surface area contributed by atoms with Crippen molar-refractivity contribution >= 4 is 12.4 Å². The number of nitrogens with one attached hydrogen (secondary N) is 1. The summed E-state index contributed by atoms with van der Waals surface area (Å²) in [6, 6.07) is 0. The molecule has 0 bridgehead atoms. The van der Waals surface area contributed by atoms with Crippen LogP contribution < -0.4 is 5.32 Å². The molecule has 0 saturated carbocycles. The van der Waals surface area contributed by atoms with E-state index in [1.807, 2.05) is 0 Å². The van der Waals surface area contributed by atoms with Crippen LogP contribution in [0.2, 0.25) is 0 Å². The predicted octanol–water partition coefficient (Wildman–Crippen LogP) is 0.312. The third-order valence-corrected chi connectivity index (χ3v) is 2.92. The van der Waals surface area contributed by atoms with Crippen molar-refractivity contribution in [3.05, 3.63) is 0 Å². The molecule has 0 aliphatic carbocycles. The van der Waals surface area contributed by atoms with E-state index in [0.717, 1.165) is 39.0 Å². The fourth-order valence-corrected chi connectivity index (χ4v) is 2.10. The molecule has 2 aliphatic heterocycles. The van der Waals surface area contributed by atoms with Crippen LogP contribution in [0.15, 0.2) is 0 Å². The van der Waals surface area contributed by atoms with E-state index in [2.05, 4.69) is 5.32 Å². The van der Waals surface area contributed by atoms with Gasteiger partial charge in [-0.2, -0.15) is 0 Å². The number of hydrogen-bond acceptors (Lipinski definition) is 3. The SMILES string of the molecule is Cl.OC1CCNC12CCOCC2. The zero-order chi connectivity index (χ0) is 7.73. The molecule has 0 aromatic rings. The van der Waals surface area contributed by atoms with Gasteiger partial charge in [-0.1, -0.05) is 0 Å². The van der Waals surface area contributed by atoms with Gasteiger partial charge in [0.1, 0.15) is 0 Å². The minimum atomic E-state index is -0.147. The van der Waals surface area contributed by atoms with Gasteiger partial charge in [0.25, 0.3) is 0 Å². The molecule has 72 valence electrons. The van der Waals surface area contributed by atoms with E-state index >= 15 is 0 Å². The summed E-state index contributed by atoms with van der Waals surface area (Å²) in [5, 5.41) is 13.1. The summed E-state index contributed by atoms with van der Waals surface area (Å²) >= 11 is 0. The van der Waals surface area contributed by atoms with Crippen LogP contribution in [0.3, 0.4) is 0 Å². The van der Waals surface area contributed by atoms with Crippen molar-refractivity contribution in [3.8, 4) is 0 Å². The van der Waals surface area contributed by atoms with Gasteiger partial charge in [-0.3, -0.25) is 0 Å². The summed E-state index contributed by atoms with van der Waals surface area (Å²) in [6.45, 7) is 2.55. The first kappa shape index (κ1) is 10.3. The second-order valence-corrected chi connectivity index (χ2v) is 3.50. The van der Waals surface area contributed by atoms with E-state index in [-0.39, 0.29) is 24.0 Å². The molecule has 2 heterocycles. The summed E-state index contributed by atoms with van der Waals surface area (Å²) in [7, 11) is 0. The molecule has 0 aromatic heterocycles. The molecule has 3 nitrogen and oxygen atoms in total. The molecule has 2 rings (SSSR count). The monoisotopic (exact) mass is 193 g/mol. The third kappa shape index (κ3) is 1.59. The maximum absolute atomic E-state index is 9.69. The maximum Gasteiger partial charge on any atom is 0.0735 e. The number of rotatable bonds is 0. The van der Waals surface area contributed by atoms with Gasteiger partial charge in [0, 0.05) is 18.8 Å². The van der Waals surface area contributed by atoms with Crippen LogP contribution in [0.1, 0.15) is 19.3 Å². The Morgan fingerprint density at radius 1 is 1.33 bits per heavy atom. The summed E-state index contributed by atoms with van der Waals surface area (Å²) in [6.07, 6.45) is 2.69. The summed E-state index contributed by atoms with van der Waals surface area (Å²) in [5.74, 6) is 0. The van der Waals surface area contributed by atoms with Crippen molar-refractivity contribution < 1.29 is 9.84 Å². The van der Waals surface area contributed by atoms with Crippen LogP contribution in [-0.4, -0.2) is 36.5 Å². The van der Waals surface area contributed by atoms with Gasteiger partial charge in [-0.15, -0.1) is 12.4 Å². The predicted molar refractivity (Wildman–Crippen MR) is 48.7 cm³/mol. The van der Waals surface area contributed by atoms with Gasteiger partial charge in [0.05, 0.1) is 6.10 Å². The zero-order valence-corrected chi connectivity index (χ0v) is 7.90. The van der Waals surface area contributed by atoms with Crippen LogP contribution in [0.5, 0.6) is 0 Å². The van der Waals surface area contributed by atoms with E-state index in [1.165, 1.54) is 0 Å². The lowest BCUT2D eigenvalue weighted by molar-refractivity contribution is -0.00650. The smallest absolute Gasteiger partial charge is 0.0735 e. The largest absolute Gasteiger partial charge is 0.391 e. The Hall–Kier alpha value is 0.170. The molecule has 2 aliphatic rings. The topological polar surface area (TPSA) is 41.5 Å². The first-order valence-electron chi connectivity index (χ1n) is 4.34. The zero-order valence-electron chi connectivity index (χ0n) is 7.08. The van der Waals surface area contributed by atoms with Crippen molar-refractivity contribution in [2.45, 2.75) is 30.9 Å². The first-order chi connectivity index (χ1) is 5.33. The average molecular weight is 194 g/mol. The molecule has 4 heteroatoms. The molecule has 0 amide bonds. The number of halogens is 1. The average Bonchev–Trinajstić information content (AvgIpc) is 2.36. The summed E-state index contributed by atoms with van der Waals surface area (Å²) < 4.78 is 5.25. The molecule has 2 saturated heterocycles. The highest BCUT2D eigenvalue weighted by atomic mass is 35.5. The van der Waals surface area contributed by atoms with E-state index in [0.29, 0.717) is 0 Å². The second kappa shape index (κ2) is 3.92. The fraction of sp³-hybridized carbons (Fsp3) is 1.00. The molecule has 2 fully saturated rings. The number of aliphatic hydroxyl groups excluding tert-OH is 1. The van der Waals surface area contributed by atoms with Crippen LogP contribution >= 0.6 is 12.4 Å². The number of aliphatic hydroxyl groups is 1. The standard InChI is InChI=1S/C8H15NO2.ClH/c10-7-1-4-9-8(7)2-5-11-6-3-8;/h7,9-10H,1-6H2;1H.